The number of carboxylic acid groups (broad SMARTS) is 1. The van der Waals surface area contributed by atoms with Crippen LogP contribution >= 0.6 is 0 Å². The maximum atomic E-state index is 12.7. The van der Waals surface area contributed by atoms with E-state index >= 15 is 0 Å². The molecule has 188 valence electrons. The largest absolute Gasteiger partial charge is 0.508 e. The van der Waals surface area contributed by atoms with Gasteiger partial charge in [-0.1, -0.05) is 32.4 Å². The molecule has 1 rings (SSSR count). The Kier molecular flexibility index (Phi) is 11.0. The summed E-state index contributed by atoms with van der Waals surface area (Å²) in [6.07, 6.45) is -0.0420. The third-order valence-electron chi connectivity index (χ3n) is 5.34. The average Bonchev–Trinajstić information content (AvgIpc) is 2.77. The molecule has 1 aromatic rings. The van der Waals surface area contributed by atoms with Crippen LogP contribution in [0.3, 0.4) is 0 Å². The summed E-state index contributed by atoms with van der Waals surface area (Å²) in [7, 11) is 0. The third kappa shape index (κ3) is 9.06. The van der Waals surface area contributed by atoms with E-state index in [1.165, 1.54) is 31.2 Å². The Hall–Kier alpha value is -3.67. The fourth-order valence-electron chi connectivity index (χ4n) is 2.93. The van der Waals surface area contributed by atoms with Crippen LogP contribution in [0.1, 0.15) is 39.2 Å². The van der Waals surface area contributed by atoms with Crippen molar-refractivity contribution in [3.63, 3.8) is 0 Å². The first kappa shape index (κ1) is 28.4. The number of phenols is 1. The highest BCUT2D eigenvalue weighted by atomic mass is 16.4. The molecule has 0 spiro atoms. The van der Waals surface area contributed by atoms with Crippen LogP contribution in [0.4, 0.5) is 0 Å². The highest BCUT2D eigenvalue weighted by Crippen LogP contribution is 2.12. The highest BCUT2D eigenvalue weighted by molar-refractivity contribution is 5.96. The Labute approximate surface area is 197 Å². The molecule has 34 heavy (non-hydrogen) atoms. The minimum absolute atomic E-state index is 0.00443. The number of phenolic OH excluding ortho intramolecular Hbond substituents is 1. The number of aliphatic carboxylic acids is 1. The zero-order valence-corrected chi connectivity index (χ0v) is 19.4. The van der Waals surface area contributed by atoms with E-state index < -0.39 is 60.2 Å². The summed E-state index contributed by atoms with van der Waals surface area (Å²) >= 11 is 0. The van der Waals surface area contributed by atoms with Crippen LogP contribution in [-0.4, -0.2) is 64.0 Å². The molecular weight excluding hydrogens is 446 g/mol. The van der Waals surface area contributed by atoms with Crippen molar-refractivity contribution < 1.29 is 34.2 Å². The SMILES string of the molecule is CCC(C)C(N)C(=O)NC(C)C(=O)NC(CC(N)=O)C(=O)NC(Cc1ccc(O)cc1)C(=O)O. The molecule has 0 aliphatic heterocycles. The van der Waals surface area contributed by atoms with Gasteiger partial charge in [-0.25, -0.2) is 4.79 Å². The number of benzene rings is 1. The summed E-state index contributed by atoms with van der Waals surface area (Å²) in [6.45, 7) is 5.03. The van der Waals surface area contributed by atoms with Gasteiger partial charge in [0.2, 0.25) is 23.6 Å². The van der Waals surface area contributed by atoms with E-state index in [0.717, 1.165) is 0 Å². The Morgan fingerprint density at radius 1 is 0.912 bits per heavy atom. The molecule has 0 radical (unpaired) electrons. The number of carboxylic acids is 1. The number of hydrogen-bond donors (Lipinski definition) is 7. The lowest BCUT2D eigenvalue weighted by Gasteiger charge is -2.24. The lowest BCUT2D eigenvalue weighted by Crippen LogP contribution is -2.57. The average molecular weight is 480 g/mol. The lowest BCUT2D eigenvalue weighted by molar-refractivity contribution is -0.142. The number of primary amides is 1. The predicted molar refractivity (Wildman–Crippen MR) is 122 cm³/mol. The van der Waals surface area contributed by atoms with Gasteiger partial charge in [-0.15, -0.1) is 0 Å². The fourth-order valence-corrected chi connectivity index (χ4v) is 2.93. The first-order valence-corrected chi connectivity index (χ1v) is 10.8. The van der Waals surface area contributed by atoms with Gasteiger partial charge in [-0.05, 0) is 30.5 Å². The monoisotopic (exact) mass is 479 g/mol. The van der Waals surface area contributed by atoms with E-state index in [1.807, 2.05) is 6.92 Å². The van der Waals surface area contributed by atoms with E-state index in [9.17, 15) is 34.2 Å². The van der Waals surface area contributed by atoms with E-state index in [0.29, 0.717) is 12.0 Å². The molecular formula is C22H33N5O7. The molecule has 0 saturated heterocycles. The van der Waals surface area contributed by atoms with Crippen molar-refractivity contribution in [2.24, 2.45) is 17.4 Å². The molecule has 0 bridgehead atoms. The summed E-state index contributed by atoms with van der Waals surface area (Å²) in [5, 5.41) is 25.9. The Morgan fingerprint density at radius 3 is 1.97 bits per heavy atom. The molecule has 1 aromatic carbocycles. The quantitative estimate of drug-likeness (QED) is 0.181. The Balaban J connectivity index is 2.87. The van der Waals surface area contributed by atoms with Crippen LogP contribution in [0.5, 0.6) is 5.75 Å². The topological polar surface area (TPSA) is 214 Å². The molecule has 0 saturated carbocycles. The number of rotatable bonds is 13. The first-order chi connectivity index (χ1) is 15.8. The summed E-state index contributed by atoms with van der Waals surface area (Å²) in [5.41, 5.74) is 11.6. The summed E-state index contributed by atoms with van der Waals surface area (Å²) < 4.78 is 0. The van der Waals surface area contributed by atoms with Gasteiger partial charge in [0.05, 0.1) is 12.5 Å². The number of carbonyl (C=O) groups is 5. The van der Waals surface area contributed by atoms with Crippen LogP contribution in [0.2, 0.25) is 0 Å². The molecule has 4 amide bonds. The van der Waals surface area contributed by atoms with Crippen molar-refractivity contribution in [1.29, 1.82) is 0 Å². The number of aromatic hydroxyl groups is 1. The second-order valence-electron chi connectivity index (χ2n) is 8.14. The predicted octanol–water partition coefficient (Wildman–Crippen LogP) is -1.26. The third-order valence-corrected chi connectivity index (χ3v) is 5.34. The zero-order chi connectivity index (χ0) is 26.0. The van der Waals surface area contributed by atoms with Crippen LogP contribution in [0, 0.1) is 5.92 Å². The molecule has 0 heterocycles. The molecule has 12 nitrogen and oxygen atoms in total. The summed E-state index contributed by atoms with van der Waals surface area (Å²) in [4.78, 5) is 60.6. The van der Waals surface area contributed by atoms with Crippen molar-refractivity contribution in [3.05, 3.63) is 29.8 Å². The van der Waals surface area contributed by atoms with Gasteiger partial charge in [0.25, 0.3) is 0 Å². The Bertz CT molecular complexity index is 890. The van der Waals surface area contributed by atoms with Crippen molar-refractivity contribution in [2.45, 2.75) is 64.2 Å². The van der Waals surface area contributed by atoms with Crippen molar-refractivity contribution >= 4 is 29.6 Å². The maximum Gasteiger partial charge on any atom is 0.326 e. The molecule has 5 unspecified atom stereocenters. The van der Waals surface area contributed by atoms with Gasteiger partial charge in [0.1, 0.15) is 23.9 Å². The highest BCUT2D eigenvalue weighted by Gasteiger charge is 2.30. The smallest absolute Gasteiger partial charge is 0.326 e. The van der Waals surface area contributed by atoms with Gasteiger partial charge in [-0.2, -0.15) is 0 Å². The van der Waals surface area contributed by atoms with E-state index in [1.54, 1.807) is 6.92 Å². The number of nitrogens with two attached hydrogens (primary N) is 2. The number of nitrogens with one attached hydrogen (secondary N) is 3. The molecule has 0 fully saturated rings. The van der Waals surface area contributed by atoms with Crippen molar-refractivity contribution in [2.75, 3.05) is 0 Å². The maximum absolute atomic E-state index is 12.7. The minimum Gasteiger partial charge on any atom is -0.508 e. The molecule has 0 aliphatic rings. The number of carbonyl (C=O) groups excluding carboxylic acids is 4. The molecule has 5 atom stereocenters. The zero-order valence-electron chi connectivity index (χ0n) is 19.4. The van der Waals surface area contributed by atoms with Crippen molar-refractivity contribution in [3.8, 4) is 5.75 Å². The van der Waals surface area contributed by atoms with E-state index in [4.69, 9.17) is 11.5 Å². The second kappa shape index (κ2) is 13.1. The van der Waals surface area contributed by atoms with Crippen LogP contribution in [-0.2, 0) is 30.4 Å². The van der Waals surface area contributed by atoms with Gasteiger partial charge in [-0.3, -0.25) is 19.2 Å². The number of hydrogen-bond acceptors (Lipinski definition) is 7. The van der Waals surface area contributed by atoms with Crippen LogP contribution in [0.15, 0.2) is 24.3 Å². The molecule has 0 aliphatic carbocycles. The second-order valence-corrected chi connectivity index (χ2v) is 8.14. The van der Waals surface area contributed by atoms with Gasteiger partial charge >= 0.3 is 5.97 Å². The summed E-state index contributed by atoms with van der Waals surface area (Å²) in [5.74, 6) is -4.63. The Morgan fingerprint density at radius 2 is 1.47 bits per heavy atom. The number of amides is 4. The van der Waals surface area contributed by atoms with E-state index in [2.05, 4.69) is 16.0 Å². The molecule has 0 aromatic heterocycles. The standard InChI is InChI=1S/C22H33N5O7/c1-4-11(2)18(24)21(32)25-12(3)19(30)26-15(10-17(23)29)20(31)27-16(22(33)34)9-13-5-7-14(28)8-6-13/h5-8,11-12,15-16,18,28H,4,9-10,24H2,1-3H3,(H2,23,29)(H,25,32)(H,26,30)(H,27,31)(H,33,34). The molecule has 12 heteroatoms. The van der Waals surface area contributed by atoms with Crippen molar-refractivity contribution in [1.82, 2.24) is 16.0 Å². The van der Waals surface area contributed by atoms with Gasteiger partial charge in [0.15, 0.2) is 0 Å². The normalized spacial score (nSPS) is 15.2. The van der Waals surface area contributed by atoms with Gasteiger partial charge < -0.3 is 37.6 Å². The van der Waals surface area contributed by atoms with Crippen LogP contribution < -0.4 is 27.4 Å². The van der Waals surface area contributed by atoms with E-state index in [-0.39, 0.29) is 18.1 Å². The fraction of sp³-hybridized carbons (Fsp3) is 0.500. The van der Waals surface area contributed by atoms with Crippen LogP contribution in [0.25, 0.3) is 0 Å². The lowest BCUT2D eigenvalue weighted by atomic mass is 9.99. The summed E-state index contributed by atoms with van der Waals surface area (Å²) in [6, 6.07) is 0.969. The first-order valence-electron chi connectivity index (χ1n) is 10.8. The minimum atomic E-state index is -1.46. The van der Waals surface area contributed by atoms with Gasteiger partial charge in [0, 0.05) is 6.42 Å². The molecule has 9 N–H and O–H groups in total.